The number of aryl methyl sites for hydroxylation is 3. The van der Waals surface area contributed by atoms with Crippen molar-refractivity contribution in [3.05, 3.63) is 34.5 Å². The van der Waals surface area contributed by atoms with Crippen LogP contribution in [-0.2, 0) is 6.54 Å². The van der Waals surface area contributed by atoms with Crippen molar-refractivity contribution in [2.75, 3.05) is 19.6 Å². The molecular formula is C18H23N5O3. The number of carbonyl (C=O) groups excluding carboxylic acids is 2. The van der Waals surface area contributed by atoms with Crippen LogP contribution in [0.5, 0.6) is 0 Å². The summed E-state index contributed by atoms with van der Waals surface area (Å²) in [6, 6.07) is 1.88. The summed E-state index contributed by atoms with van der Waals surface area (Å²) in [7, 11) is 0. The van der Waals surface area contributed by atoms with Gasteiger partial charge in [0.1, 0.15) is 17.0 Å². The fourth-order valence-corrected chi connectivity index (χ4v) is 3.86. The van der Waals surface area contributed by atoms with Gasteiger partial charge in [-0.2, -0.15) is 5.10 Å². The summed E-state index contributed by atoms with van der Waals surface area (Å²) in [5.74, 6) is 0.588. The molecule has 1 unspecified atom stereocenters. The van der Waals surface area contributed by atoms with Gasteiger partial charge < -0.3 is 14.7 Å². The molecule has 8 nitrogen and oxygen atoms in total. The molecule has 0 aliphatic carbocycles. The summed E-state index contributed by atoms with van der Waals surface area (Å²) >= 11 is 0. The highest BCUT2D eigenvalue weighted by molar-refractivity contribution is 5.96. The van der Waals surface area contributed by atoms with Crippen molar-refractivity contribution >= 4 is 11.8 Å². The van der Waals surface area contributed by atoms with Crippen LogP contribution in [0.1, 0.15) is 63.2 Å². The molecule has 2 aliphatic heterocycles. The minimum absolute atomic E-state index is 0.0375. The van der Waals surface area contributed by atoms with Gasteiger partial charge in [-0.1, -0.05) is 5.16 Å². The molecule has 8 heteroatoms. The van der Waals surface area contributed by atoms with Crippen molar-refractivity contribution in [3.8, 4) is 0 Å². The Morgan fingerprint density at radius 3 is 2.92 bits per heavy atom. The van der Waals surface area contributed by atoms with E-state index in [1.807, 2.05) is 11.0 Å². The second kappa shape index (κ2) is 6.59. The van der Waals surface area contributed by atoms with Gasteiger partial charge in [-0.05, 0) is 39.2 Å². The van der Waals surface area contributed by atoms with Crippen LogP contribution in [0.25, 0.3) is 0 Å². The second-order valence-corrected chi connectivity index (χ2v) is 7.08. The van der Waals surface area contributed by atoms with Crippen molar-refractivity contribution in [1.29, 1.82) is 0 Å². The monoisotopic (exact) mass is 357 g/mol. The van der Waals surface area contributed by atoms with Crippen LogP contribution in [0.15, 0.2) is 10.6 Å². The van der Waals surface area contributed by atoms with Gasteiger partial charge in [0.15, 0.2) is 0 Å². The average molecular weight is 357 g/mol. The predicted octanol–water partition coefficient (Wildman–Crippen LogP) is 1.64. The lowest BCUT2D eigenvalue weighted by Gasteiger charge is -2.32. The van der Waals surface area contributed by atoms with Crippen molar-refractivity contribution in [2.24, 2.45) is 0 Å². The Balaban J connectivity index is 1.55. The van der Waals surface area contributed by atoms with Crippen LogP contribution in [0.3, 0.4) is 0 Å². The Labute approximate surface area is 151 Å². The van der Waals surface area contributed by atoms with Crippen molar-refractivity contribution in [1.82, 2.24) is 25.2 Å². The molecule has 1 atom stereocenters. The minimum atomic E-state index is -0.0688. The average Bonchev–Trinajstić information content (AvgIpc) is 3.17. The first kappa shape index (κ1) is 16.8. The van der Waals surface area contributed by atoms with E-state index in [0.29, 0.717) is 42.3 Å². The number of likely N-dealkylation sites (tertiary alicyclic amines) is 1. The Bertz CT molecular complexity index is 834. The second-order valence-electron chi connectivity index (χ2n) is 7.08. The van der Waals surface area contributed by atoms with Gasteiger partial charge in [-0.25, -0.2) is 0 Å². The third-order valence-corrected chi connectivity index (χ3v) is 5.24. The quantitative estimate of drug-likeness (QED) is 0.882. The Morgan fingerprint density at radius 1 is 1.31 bits per heavy atom. The fourth-order valence-electron chi connectivity index (χ4n) is 3.86. The van der Waals surface area contributed by atoms with E-state index in [0.717, 1.165) is 31.5 Å². The van der Waals surface area contributed by atoms with E-state index < -0.39 is 0 Å². The predicted molar refractivity (Wildman–Crippen MR) is 93.0 cm³/mol. The molecule has 2 aliphatic rings. The first-order valence-electron chi connectivity index (χ1n) is 9.12. The lowest BCUT2D eigenvalue weighted by molar-refractivity contribution is 0.0703. The number of rotatable bonds is 2. The molecule has 2 aromatic heterocycles. The Kier molecular flexibility index (Phi) is 4.26. The molecule has 26 heavy (non-hydrogen) atoms. The lowest BCUT2D eigenvalue weighted by Crippen LogP contribution is -2.39. The van der Waals surface area contributed by atoms with Crippen molar-refractivity contribution in [3.63, 3.8) is 0 Å². The molecule has 1 N–H and O–H groups in total. The standard InChI is InChI=1S/C18H23N5O3/c1-11-16(12(2)26-21-11)18(25)22-7-3-5-13(10-22)14-9-15-17(24)19-6-4-8-23(15)20-14/h9,13H,3-8,10H2,1-2H3,(H,19,24). The lowest BCUT2D eigenvalue weighted by atomic mass is 9.94. The summed E-state index contributed by atoms with van der Waals surface area (Å²) in [5.41, 5.74) is 2.70. The first-order chi connectivity index (χ1) is 12.5. The smallest absolute Gasteiger partial charge is 0.269 e. The molecule has 0 bridgehead atoms. The van der Waals surface area contributed by atoms with Crippen LogP contribution in [0.2, 0.25) is 0 Å². The summed E-state index contributed by atoms with van der Waals surface area (Å²) in [6.07, 6.45) is 2.75. The molecule has 0 spiro atoms. The summed E-state index contributed by atoms with van der Waals surface area (Å²) in [5, 5.41) is 11.4. The molecule has 2 amide bonds. The number of piperidine rings is 1. The number of fused-ring (bicyclic) bond motifs is 1. The van der Waals surface area contributed by atoms with Gasteiger partial charge in [0, 0.05) is 32.1 Å². The Hall–Kier alpha value is -2.64. The van der Waals surface area contributed by atoms with E-state index in [2.05, 4.69) is 15.6 Å². The van der Waals surface area contributed by atoms with Crippen LogP contribution >= 0.6 is 0 Å². The largest absolute Gasteiger partial charge is 0.361 e. The summed E-state index contributed by atoms with van der Waals surface area (Å²) in [4.78, 5) is 26.9. The zero-order valence-electron chi connectivity index (χ0n) is 15.1. The maximum Gasteiger partial charge on any atom is 0.269 e. The van der Waals surface area contributed by atoms with Crippen LogP contribution in [0.4, 0.5) is 0 Å². The number of nitrogens with zero attached hydrogens (tertiary/aromatic N) is 4. The van der Waals surface area contributed by atoms with Crippen LogP contribution in [-0.4, -0.2) is 51.3 Å². The van der Waals surface area contributed by atoms with Gasteiger partial charge in [0.25, 0.3) is 11.8 Å². The van der Waals surface area contributed by atoms with E-state index in [-0.39, 0.29) is 17.7 Å². The zero-order valence-corrected chi connectivity index (χ0v) is 15.1. The number of hydrogen-bond acceptors (Lipinski definition) is 5. The molecule has 138 valence electrons. The molecule has 1 fully saturated rings. The van der Waals surface area contributed by atoms with E-state index >= 15 is 0 Å². The SMILES string of the molecule is Cc1noc(C)c1C(=O)N1CCCC(c2cc3n(n2)CCCNC3=O)C1. The third kappa shape index (κ3) is 2.89. The number of nitrogens with one attached hydrogen (secondary N) is 1. The summed E-state index contributed by atoms with van der Waals surface area (Å²) in [6.45, 7) is 6.29. The van der Waals surface area contributed by atoms with Crippen molar-refractivity contribution in [2.45, 2.75) is 45.6 Å². The molecule has 1 saturated heterocycles. The van der Waals surface area contributed by atoms with Crippen LogP contribution in [0, 0.1) is 13.8 Å². The minimum Gasteiger partial charge on any atom is -0.361 e. The van der Waals surface area contributed by atoms with Gasteiger partial charge in [-0.15, -0.1) is 0 Å². The van der Waals surface area contributed by atoms with Gasteiger partial charge in [0.05, 0.1) is 11.4 Å². The van der Waals surface area contributed by atoms with Crippen LogP contribution < -0.4 is 5.32 Å². The third-order valence-electron chi connectivity index (χ3n) is 5.24. The van der Waals surface area contributed by atoms with E-state index in [1.165, 1.54) is 0 Å². The van der Waals surface area contributed by atoms with E-state index in [9.17, 15) is 9.59 Å². The fraction of sp³-hybridized carbons (Fsp3) is 0.556. The number of carbonyl (C=O) groups is 2. The van der Waals surface area contributed by atoms with Gasteiger partial charge in [-0.3, -0.25) is 14.3 Å². The van der Waals surface area contributed by atoms with Gasteiger partial charge >= 0.3 is 0 Å². The van der Waals surface area contributed by atoms with Gasteiger partial charge in [0.2, 0.25) is 0 Å². The number of amides is 2. The molecule has 4 heterocycles. The molecule has 0 saturated carbocycles. The maximum atomic E-state index is 12.9. The highest BCUT2D eigenvalue weighted by atomic mass is 16.5. The highest BCUT2D eigenvalue weighted by Gasteiger charge is 2.31. The highest BCUT2D eigenvalue weighted by Crippen LogP contribution is 2.29. The topological polar surface area (TPSA) is 93.3 Å². The first-order valence-corrected chi connectivity index (χ1v) is 9.12. The number of aromatic nitrogens is 3. The Morgan fingerprint density at radius 2 is 2.15 bits per heavy atom. The normalized spacial score (nSPS) is 20.5. The molecule has 0 aromatic carbocycles. The number of hydrogen-bond donors (Lipinski definition) is 1. The molecular weight excluding hydrogens is 334 g/mol. The van der Waals surface area contributed by atoms with Crippen molar-refractivity contribution < 1.29 is 14.1 Å². The molecule has 0 radical (unpaired) electrons. The zero-order chi connectivity index (χ0) is 18.3. The summed E-state index contributed by atoms with van der Waals surface area (Å²) < 4.78 is 6.94. The molecule has 2 aromatic rings. The van der Waals surface area contributed by atoms with E-state index in [4.69, 9.17) is 4.52 Å². The molecule has 4 rings (SSSR count). The maximum absolute atomic E-state index is 12.9. The van der Waals surface area contributed by atoms with E-state index in [1.54, 1.807) is 18.5 Å².